The number of hydrogen-bond donors (Lipinski definition) is 2. The monoisotopic (exact) mass is 515 g/mol. The zero-order chi connectivity index (χ0) is 20.5. The number of hydrogen-bond acceptors (Lipinski definition) is 4. The number of aryl methyl sites for hydroxylation is 2. The van der Waals surface area contributed by atoms with E-state index in [1.807, 2.05) is 19.1 Å². The van der Waals surface area contributed by atoms with Gasteiger partial charge in [-0.05, 0) is 49.9 Å². The summed E-state index contributed by atoms with van der Waals surface area (Å²) in [6.45, 7) is 8.82. The zero-order valence-electron chi connectivity index (χ0n) is 18.3. The minimum Gasteiger partial charge on any atom is -0.493 e. The lowest BCUT2D eigenvalue weighted by atomic mass is 10.1. The van der Waals surface area contributed by atoms with E-state index in [1.54, 1.807) is 21.3 Å². The van der Waals surface area contributed by atoms with Gasteiger partial charge in [0.1, 0.15) is 0 Å². The van der Waals surface area contributed by atoms with E-state index in [9.17, 15) is 0 Å². The number of ether oxygens (including phenoxy) is 2. The van der Waals surface area contributed by atoms with Crippen LogP contribution in [0.2, 0.25) is 0 Å². The van der Waals surface area contributed by atoms with Crippen LogP contribution < -0.4 is 20.1 Å². The van der Waals surface area contributed by atoms with Gasteiger partial charge in [0, 0.05) is 32.4 Å². The maximum atomic E-state index is 5.36. The molecule has 1 heterocycles. The Morgan fingerprint density at radius 2 is 1.86 bits per heavy atom. The summed E-state index contributed by atoms with van der Waals surface area (Å²) in [5.74, 6) is 2.73. The molecule has 2 aromatic rings. The second-order valence-corrected chi connectivity index (χ2v) is 7.03. The van der Waals surface area contributed by atoms with E-state index >= 15 is 0 Å². The van der Waals surface area contributed by atoms with Crippen molar-refractivity contribution in [3.8, 4) is 11.5 Å². The number of methoxy groups -OCH3 is 2. The van der Waals surface area contributed by atoms with Crippen molar-refractivity contribution in [3.63, 3.8) is 0 Å². The van der Waals surface area contributed by atoms with Gasteiger partial charge >= 0.3 is 0 Å². The van der Waals surface area contributed by atoms with Gasteiger partial charge in [0.05, 0.1) is 19.9 Å². The molecule has 0 amide bonds. The number of nitrogens with zero attached hydrogens (tertiary/aromatic N) is 3. The predicted octanol–water partition coefficient (Wildman–Crippen LogP) is 3.18. The van der Waals surface area contributed by atoms with Crippen LogP contribution in [0, 0.1) is 19.8 Å². The van der Waals surface area contributed by atoms with Crippen LogP contribution in [0.1, 0.15) is 23.9 Å². The zero-order valence-corrected chi connectivity index (χ0v) is 20.6. The average molecular weight is 515 g/mol. The van der Waals surface area contributed by atoms with Crippen molar-refractivity contribution >= 4 is 29.9 Å². The smallest absolute Gasteiger partial charge is 0.190 e. The van der Waals surface area contributed by atoms with E-state index in [-0.39, 0.29) is 24.0 Å². The summed E-state index contributed by atoms with van der Waals surface area (Å²) in [5, 5.41) is 11.3. The van der Waals surface area contributed by atoms with Crippen molar-refractivity contribution in [2.75, 3.05) is 34.4 Å². The molecule has 7 nitrogen and oxygen atoms in total. The Morgan fingerprint density at radius 1 is 1.14 bits per heavy atom. The van der Waals surface area contributed by atoms with Crippen LogP contribution in [0.4, 0.5) is 0 Å². The van der Waals surface area contributed by atoms with Gasteiger partial charge in [0.2, 0.25) is 0 Å². The summed E-state index contributed by atoms with van der Waals surface area (Å²) < 4.78 is 12.7. The molecule has 0 bridgehead atoms. The van der Waals surface area contributed by atoms with Gasteiger partial charge in [-0.15, -0.1) is 24.0 Å². The van der Waals surface area contributed by atoms with Crippen LogP contribution >= 0.6 is 24.0 Å². The van der Waals surface area contributed by atoms with E-state index in [0.717, 1.165) is 49.2 Å². The fourth-order valence-corrected chi connectivity index (χ4v) is 3.07. The Bertz CT molecular complexity index is 791. The average Bonchev–Trinajstić information content (AvgIpc) is 3.00. The third kappa shape index (κ3) is 7.75. The Balaban J connectivity index is 0.00000420. The maximum Gasteiger partial charge on any atom is 0.190 e. The molecule has 0 saturated heterocycles. The normalized spacial score (nSPS) is 12.1. The van der Waals surface area contributed by atoms with Gasteiger partial charge in [-0.3, -0.25) is 9.67 Å². The van der Waals surface area contributed by atoms with Crippen molar-refractivity contribution in [1.82, 2.24) is 20.4 Å². The van der Waals surface area contributed by atoms with E-state index in [1.165, 1.54) is 11.3 Å². The van der Waals surface area contributed by atoms with Gasteiger partial charge in [-0.1, -0.05) is 13.0 Å². The molecule has 1 atom stereocenters. The molecule has 2 rings (SSSR count). The lowest BCUT2D eigenvalue weighted by Crippen LogP contribution is -2.40. The lowest BCUT2D eigenvalue weighted by Gasteiger charge is -2.17. The molecule has 162 valence electrons. The summed E-state index contributed by atoms with van der Waals surface area (Å²) in [7, 11) is 5.08. The Morgan fingerprint density at radius 3 is 2.45 bits per heavy atom. The van der Waals surface area contributed by atoms with Crippen LogP contribution in [0.15, 0.2) is 29.3 Å². The molecule has 29 heavy (non-hydrogen) atoms. The molecule has 8 heteroatoms. The first-order chi connectivity index (χ1) is 13.5. The van der Waals surface area contributed by atoms with E-state index in [4.69, 9.17) is 9.47 Å². The fraction of sp³-hybridized carbons (Fsp3) is 0.524. The quantitative estimate of drug-likeness (QED) is 0.305. The van der Waals surface area contributed by atoms with Crippen molar-refractivity contribution in [3.05, 3.63) is 41.2 Å². The molecule has 0 aliphatic carbocycles. The first-order valence-corrected chi connectivity index (χ1v) is 9.63. The summed E-state index contributed by atoms with van der Waals surface area (Å²) in [6, 6.07) is 8.10. The first kappa shape index (κ1) is 25.1. The molecule has 2 N–H and O–H groups in total. The van der Waals surface area contributed by atoms with Crippen LogP contribution in [0.25, 0.3) is 0 Å². The second-order valence-electron chi connectivity index (χ2n) is 7.03. The number of benzene rings is 1. The van der Waals surface area contributed by atoms with Crippen LogP contribution in [-0.4, -0.2) is 50.1 Å². The molecule has 0 aliphatic heterocycles. The minimum absolute atomic E-state index is 0. The topological polar surface area (TPSA) is 72.7 Å². The highest BCUT2D eigenvalue weighted by Crippen LogP contribution is 2.27. The number of rotatable bonds is 9. The molecule has 0 radical (unpaired) electrons. The fourth-order valence-electron chi connectivity index (χ4n) is 3.07. The molecule has 0 spiro atoms. The summed E-state index contributed by atoms with van der Waals surface area (Å²) >= 11 is 0. The standard InChI is InChI=1S/C21H33N5O2.HI/c1-15(14-26-17(3)11-16(2)25-26)13-24-21(22-4)23-10-9-18-7-8-19(27-5)20(12-18)28-6;/h7-8,11-12,15H,9-10,13-14H2,1-6H3,(H2,22,23,24);1H. The summed E-state index contributed by atoms with van der Waals surface area (Å²) in [4.78, 5) is 4.31. The van der Waals surface area contributed by atoms with Gasteiger partial charge in [-0.2, -0.15) is 5.10 Å². The van der Waals surface area contributed by atoms with E-state index < -0.39 is 0 Å². The van der Waals surface area contributed by atoms with Crippen LogP contribution in [0.5, 0.6) is 11.5 Å². The molecule has 0 fully saturated rings. The van der Waals surface area contributed by atoms with Crippen molar-refractivity contribution < 1.29 is 9.47 Å². The molecular weight excluding hydrogens is 481 g/mol. The summed E-state index contributed by atoms with van der Waals surface area (Å²) in [6.07, 6.45) is 0.863. The van der Waals surface area contributed by atoms with Gasteiger partial charge in [0.25, 0.3) is 0 Å². The Labute approximate surface area is 191 Å². The third-order valence-electron chi connectivity index (χ3n) is 4.58. The molecule has 1 unspecified atom stereocenters. The van der Waals surface area contributed by atoms with Crippen LogP contribution in [0.3, 0.4) is 0 Å². The summed E-state index contributed by atoms with van der Waals surface area (Å²) in [5.41, 5.74) is 3.44. The number of aromatic nitrogens is 2. The number of guanidine groups is 1. The first-order valence-electron chi connectivity index (χ1n) is 9.63. The molecule has 0 saturated carbocycles. The van der Waals surface area contributed by atoms with Crippen molar-refractivity contribution in [2.45, 2.75) is 33.7 Å². The lowest BCUT2D eigenvalue weighted by molar-refractivity contribution is 0.354. The highest BCUT2D eigenvalue weighted by Gasteiger charge is 2.09. The number of nitrogens with one attached hydrogen (secondary N) is 2. The number of halogens is 1. The van der Waals surface area contributed by atoms with Gasteiger partial charge < -0.3 is 20.1 Å². The minimum atomic E-state index is 0. The Kier molecular flexibility index (Phi) is 10.9. The highest BCUT2D eigenvalue weighted by molar-refractivity contribution is 14.0. The van der Waals surface area contributed by atoms with Crippen molar-refractivity contribution in [1.29, 1.82) is 0 Å². The van der Waals surface area contributed by atoms with Crippen molar-refractivity contribution in [2.24, 2.45) is 10.9 Å². The largest absolute Gasteiger partial charge is 0.493 e. The molecule has 0 aliphatic rings. The molecule has 1 aromatic carbocycles. The van der Waals surface area contributed by atoms with E-state index in [2.05, 4.69) is 51.4 Å². The van der Waals surface area contributed by atoms with Gasteiger partial charge in [-0.25, -0.2) is 0 Å². The second kappa shape index (κ2) is 12.6. The number of aliphatic imine (C=N–C) groups is 1. The SMILES string of the molecule is CN=C(NCCc1ccc(OC)c(OC)c1)NCC(C)Cn1nc(C)cc1C.I. The Hall–Kier alpha value is -1.97. The van der Waals surface area contributed by atoms with E-state index in [0.29, 0.717) is 5.92 Å². The predicted molar refractivity (Wildman–Crippen MR) is 129 cm³/mol. The molecule has 1 aromatic heterocycles. The van der Waals surface area contributed by atoms with Gasteiger partial charge in [0.15, 0.2) is 17.5 Å². The highest BCUT2D eigenvalue weighted by atomic mass is 127. The third-order valence-corrected chi connectivity index (χ3v) is 4.58. The maximum absolute atomic E-state index is 5.36. The molecular formula is C21H34IN5O2. The van der Waals surface area contributed by atoms with Crippen LogP contribution in [-0.2, 0) is 13.0 Å².